The lowest BCUT2D eigenvalue weighted by Gasteiger charge is -2.26. The molecule has 1 saturated heterocycles. The van der Waals surface area contributed by atoms with Crippen LogP contribution in [0.1, 0.15) is 44.9 Å². The van der Waals surface area contributed by atoms with Gasteiger partial charge >= 0.3 is 5.97 Å². The summed E-state index contributed by atoms with van der Waals surface area (Å²) in [6, 6.07) is 10.6. The standard InChI is InChI=1S/C30H32N4O5S/c1-2-19-16-30(19,29(37)38)33-27(36)23-15-20(17-34(23)25(35)14-18-8-3-4-9-18)39-28-26(24-12-7-13-40-24)31-21-10-5-6-11-22(21)32-28/h2,5-7,10-13,18-20,23H,1,3-4,8-9,14-17H2,(H,33,36)(H,37,38)/t19-,20-,23+,30-/m1/s1. The highest BCUT2D eigenvalue weighted by atomic mass is 32.1. The fraction of sp³-hybridized carbons (Fsp3) is 0.433. The van der Waals surface area contributed by atoms with Crippen LogP contribution in [0.15, 0.2) is 54.4 Å². The number of fused-ring (bicyclic) bond motifs is 1. The Morgan fingerprint density at radius 3 is 2.55 bits per heavy atom. The lowest BCUT2D eigenvalue weighted by atomic mass is 10.0. The van der Waals surface area contributed by atoms with Gasteiger partial charge in [0, 0.05) is 18.8 Å². The average Bonchev–Trinajstić information content (AvgIpc) is 3.43. The Kier molecular flexibility index (Phi) is 7.04. The number of thiophene rings is 1. The molecule has 4 atom stereocenters. The van der Waals surface area contributed by atoms with Crippen LogP contribution in [-0.4, -0.2) is 62.0 Å². The molecule has 10 heteroatoms. The van der Waals surface area contributed by atoms with Gasteiger partial charge in [-0.15, -0.1) is 17.9 Å². The van der Waals surface area contributed by atoms with E-state index < -0.39 is 29.6 Å². The summed E-state index contributed by atoms with van der Waals surface area (Å²) >= 11 is 1.53. The zero-order chi connectivity index (χ0) is 27.9. The topological polar surface area (TPSA) is 122 Å². The number of aromatic nitrogens is 2. The second-order valence-corrected chi connectivity index (χ2v) is 12.0. The van der Waals surface area contributed by atoms with E-state index in [1.165, 1.54) is 11.3 Å². The Bertz CT molecular complexity index is 1450. The first kappa shape index (κ1) is 26.4. The molecule has 2 N–H and O–H groups in total. The van der Waals surface area contributed by atoms with Crippen LogP contribution in [0.3, 0.4) is 0 Å². The van der Waals surface area contributed by atoms with Crippen LogP contribution >= 0.6 is 11.3 Å². The summed E-state index contributed by atoms with van der Waals surface area (Å²) in [5, 5.41) is 14.5. The number of hydrogen-bond acceptors (Lipinski definition) is 7. The molecule has 2 aromatic heterocycles. The Morgan fingerprint density at radius 2 is 1.90 bits per heavy atom. The molecule has 1 aliphatic heterocycles. The van der Waals surface area contributed by atoms with Crippen molar-refractivity contribution in [3.63, 3.8) is 0 Å². The third kappa shape index (κ3) is 4.96. The van der Waals surface area contributed by atoms with E-state index in [9.17, 15) is 19.5 Å². The van der Waals surface area contributed by atoms with Crippen molar-refractivity contribution in [3.05, 3.63) is 54.4 Å². The summed E-state index contributed by atoms with van der Waals surface area (Å²) in [4.78, 5) is 51.2. The summed E-state index contributed by atoms with van der Waals surface area (Å²) in [6.45, 7) is 3.92. The number of rotatable bonds is 9. The van der Waals surface area contributed by atoms with Crippen LogP contribution in [0, 0.1) is 11.8 Å². The summed E-state index contributed by atoms with van der Waals surface area (Å²) in [6.07, 6.45) is 6.20. The molecular formula is C30H32N4O5S. The molecule has 208 valence electrons. The molecule has 1 aromatic carbocycles. The second kappa shape index (κ2) is 10.6. The quantitative estimate of drug-likeness (QED) is 0.371. The Morgan fingerprint density at radius 1 is 1.15 bits per heavy atom. The van der Waals surface area contributed by atoms with Crippen molar-refractivity contribution in [3.8, 4) is 16.5 Å². The summed E-state index contributed by atoms with van der Waals surface area (Å²) in [5.41, 5.74) is 0.679. The van der Waals surface area contributed by atoms with Gasteiger partial charge in [0.25, 0.3) is 0 Å². The number of para-hydroxylation sites is 2. The number of benzene rings is 1. The molecular weight excluding hydrogens is 528 g/mol. The van der Waals surface area contributed by atoms with Gasteiger partial charge in [-0.3, -0.25) is 9.59 Å². The Hall–Kier alpha value is -3.79. The zero-order valence-corrected chi connectivity index (χ0v) is 22.9. The predicted octanol–water partition coefficient (Wildman–Crippen LogP) is 4.43. The maximum Gasteiger partial charge on any atom is 0.330 e. The van der Waals surface area contributed by atoms with Crippen LogP contribution in [-0.2, 0) is 14.4 Å². The van der Waals surface area contributed by atoms with E-state index in [-0.39, 0.29) is 31.2 Å². The lowest BCUT2D eigenvalue weighted by molar-refractivity contribution is -0.145. The number of carbonyl (C=O) groups is 3. The maximum atomic E-state index is 13.6. The molecule has 0 unspecified atom stereocenters. The molecule has 2 saturated carbocycles. The van der Waals surface area contributed by atoms with Crippen LogP contribution in [0.25, 0.3) is 21.6 Å². The van der Waals surface area contributed by atoms with Crippen molar-refractivity contribution >= 4 is 40.2 Å². The number of carboxylic acids is 1. The van der Waals surface area contributed by atoms with Gasteiger partial charge in [-0.25, -0.2) is 14.8 Å². The van der Waals surface area contributed by atoms with Crippen LogP contribution < -0.4 is 10.1 Å². The maximum absolute atomic E-state index is 13.6. The van der Waals surface area contributed by atoms with E-state index in [4.69, 9.17) is 14.7 Å². The third-order valence-electron chi connectivity index (χ3n) is 8.42. The molecule has 3 aliphatic rings. The van der Waals surface area contributed by atoms with Crippen molar-refractivity contribution in [1.29, 1.82) is 0 Å². The molecule has 2 amide bonds. The molecule has 9 nitrogen and oxygen atoms in total. The molecule has 0 spiro atoms. The number of likely N-dealkylation sites (tertiary alicyclic amines) is 1. The summed E-state index contributed by atoms with van der Waals surface area (Å²) in [5.74, 6) is -1.33. The van der Waals surface area contributed by atoms with Crippen molar-refractivity contribution in [2.45, 2.75) is 62.6 Å². The zero-order valence-electron chi connectivity index (χ0n) is 22.1. The molecule has 40 heavy (non-hydrogen) atoms. The van der Waals surface area contributed by atoms with E-state index in [1.807, 2.05) is 41.8 Å². The summed E-state index contributed by atoms with van der Waals surface area (Å²) in [7, 11) is 0. The minimum atomic E-state index is -1.37. The van der Waals surface area contributed by atoms with E-state index in [0.29, 0.717) is 29.4 Å². The monoisotopic (exact) mass is 560 g/mol. The molecule has 3 heterocycles. The molecule has 0 bridgehead atoms. The van der Waals surface area contributed by atoms with Gasteiger partial charge < -0.3 is 20.1 Å². The number of carbonyl (C=O) groups excluding carboxylic acids is 2. The predicted molar refractivity (Wildman–Crippen MR) is 151 cm³/mol. The first-order chi connectivity index (χ1) is 19.4. The SMILES string of the molecule is C=C[C@@H]1C[C@]1(NC(=O)[C@@H]1C[C@@H](Oc2nc3ccccc3nc2-c2cccs2)CN1C(=O)CC1CCCC1)C(=O)O. The number of nitrogens with zero attached hydrogens (tertiary/aromatic N) is 3. The fourth-order valence-corrected chi connectivity index (χ4v) is 6.81. The highest BCUT2D eigenvalue weighted by Crippen LogP contribution is 2.45. The smallest absolute Gasteiger partial charge is 0.330 e. The number of nitrogens with one attached hydrogen (secondary N) is 1. The molecule has 2 aliphatic carbocycles. The molecule has 6 rings (SSSR count). The van der Waals surface area contributed by atoms with Crippen LogP contribution in [0.2, 0.25) is 0 Å². The number of amides is 2. The van der Waals surface area contributed by atoms with E-state index in [0.717, 1.165) is 36.1 Å². The van der Waals surface area contributed by atoms with Crippen molar-refractivity contribution in [2.24, 2.45) is 11.8 Å². The molecule has 0 radical (unpaired) electrons. The van der Waals surface area contributed by atoms with Gasteiger partial charge in [-0.05, 0) is 48.8 Å². The van der Waals surface area contributed by atoms with E-state index in [1.54, 1.807) is 11.0 Å². The van der Waals surface area contributed by atoms with Crippen molar-refractivity contribution in [2.75, 3.05) is 6.54 Å². The lowest BCUT2D eigenvalue weighted by Crippen LogP contribution is -2.53. The average molecular weight is 561 g/mol. The second-order valence-electron chi connectivity index (χ2n) is 11.0. The number of ether oxygens (including phenoxy) is 1. The van der Waals surface area contributed by atoms with E-state index >= 15 is 0 Å². The van der Waals surface area contributed by atoms with Crippen molar-refractivity contribution in [1.82, 2.24) is 20.2 Å². The highest BCUT2D eigenvalue weighted by Gasteiger charge is 2.61. The third-order valence-corrected chi connectivity index (χ3v) is 9.30. The fourth-order valence-electron chi connectivity index (χ4n) is 6.10. The highest BCUT2D eigenvalue weighted by molar-refractivity contribution is 7.13. The number of aliphatic carboxylic acids is 1. The molecule has 3 fully saturated rings. The van der Waals surface area contributed by atoms with Gasteiger partial charge in [0.2, 0.25) is 17.7 Å². The van der Waals surface area contributed by atoms with Gasteiger partial charge in [-0.1, -0.05) is 37.1 Å². The number of hydrogen-bond donors (Lipinski definition) is 2. The summed E-state index contributed by atoms with van der Waals surface area (Å²) < 4.78 is 6.43. The van der Waals surface area contributed by atoms with Gasteiger partial charge in [-0.2, -0.15) is 0 Å². The number of carboxylic acid groups (broad SMARTS) is 1. The van der Waals surface area contributed by atoms with Crippen molar-refractivity contribution < 1.29 is 24.2 Å². The van der Waals surface area contributed by atoms with Gasteiger partial charge in [0.1, 0.15) is 23.4 Å². The first-order valence-corrected chi connectivity index (χ1v) is 14.7. The van der Waals surface area contributed by atoms with Gasteiger partial charge in [0.15, 0.2) is 0 Å². The van der Waals surface area contributed by atoms with Gasteiger partial charge in [0.05, 0.1) is 22.5 Å². The first-order valence-electron chi connectivity index (χ1n) is 13.8. The minimum Gasteiger partial charge on any atom is -0.479 e. The Balaban J connectivity index is 1.27. The molecule has 3 aromatic rings. The van der Waals surface area contributed by atoms with Crippen LogP contribution in [0.4, 0.5) is 0 Å². The minimum absolute atomic E-state index is 0.0957. The Labute approximate surface area is 236 Å². The normalized spacial score (nSPS) is 26.1. The van der Waals surface area contributed by atoms with E-state index in [2.05, 4.69) is 11.9 Å². The largest absolute Gasteiger partial charge is 0.479 e. The van der Waals surface area contributed by atoms with Crippen LogP contribution in [0.5, 0.6) is 5.88 Å².